The van der Waals surface area contributed by atoms with E-state index in [-0.39, 0.29) is 0 Å². The molecule has 0 aromatic carbocycles. The fourth-order valence-electron chi connectivity index (χ4n) is 3.78. The van der Waals surface area contributed by atoms with Crippen LogP contribution in [0.2, 0.25) is 0 Å². The van der Waals surface area contributed by atoms with Gasteiger partial charge in [0, 0.05) is 12.6 Å². The summed E-state index contributed by atoms with van der Waals surface area (Å²) in [4.78, 5) is 5.47. The first-order chi connectivity index (χ1) is 9.42. The molecule has 1 atom stereocenters. The van der Waals surface area contributed by atoms with Crippen LogP contribution in [0.25, 0.3) is 0 Å². The lowest BCUT2D eigenvalue weighted by Crippen LogP contribution is -2.40. The third kappa shape index (κ3) is 4.44. The van der Waals surface area contributed by atoms with Gasteiger partial charge in [0.25, 0.3) is 0 Å². The van der Waals surface area contributed by atoms with Crippen LogP contribution in [-0.4, -0.2) is 61.7 Å². The number of piperidine rings is 1. The molecule has 2 saturated heterocycles. The standard InChI is InChI=1S/C16H31N3/c1-2-10-18(9-1)11-4-12-19(16-6-7-16)14-15-5-3-8-17-13-15/h15-17H,1-14H2. The van der Waals surface area contributed by atoms with Crippen molar-refractivity contribution in [2.24, 2.45) is 5.92 Å². The van der Waals surface area contributed by atoms with Crippen LogP contribution in [0.15, 0.2) is 0 Å². The molecule has 1 saturated carbocycles. The van der Waals surface area contributed by atoms with Gasteiger partial charge >= 0.3 is 0 Å². The Morgan fingerprint density at radius 1 is 1.05 bits per heavy atom. The van der Waals surface area contributed by atoms with Crippen molar-refractivity contribution in [1.82, 2.24) is 15.1 Å². The topological polar surface area (TPSA) is 18.5 Å². The zero-order valence-electron chi connectivity index (χ0n) is 12.4. The largest absolute Gasteiger partial charge is 0.316 e. The molecule has 110 valence electrons. The van der Waals surface area contributed by atoms with E-state index in [1.54, 1.807) is 0 Å². The molecule has 19 heavy (non-hydrogen) atoms. The molecule has 0 bridgehead atoms. The van der Waals surface area contributed by atoms with Crippen LogP contribution in [0.4, 0.5) is 0 Å². The van der Waals surface area contributed by atoms with Crippen molar-refractivity contribution in [3.05, 3.63) is 0 Å². The molecule has 0 aromatic rings. The van der Waals surface area contributed by atoms with Gasteiger partial charge in [-0.1, -0.05) is 0 Å². The Balaban J connectivity index is 1.36. The van der Waals surface area contributed by atoms with Gasteiger partial charge in [-0.3, -0.25) is 0 Å². The van der Waals surface area contributed by atoms with Crippen LogP contribution in [0.1, 0.15) is 44.9 Å². The van der Waals surface area contributed by atoms with E-state index in [1.807, 2.05) is 0 Å². The monoisotopic (exact) mass is 265 g/mol. The number of hydrogen-bond donors (Lipinski definition) is 1. The first-order valence-electron chi connectivity index (χ1n) is 8.59. The Morgan fingerprint density at radius 2 is 1.89 bits per heavy atom. The number of nitrogens with zero attached hydrogens (tertiary/aromatic N) is 2. The minimum atomic E-state index is 0.918. The highest BCUT2D eigenvalue weighted by Gasteiger charge is 2.30. The average molecular weight is 265 g/mol. The van der Waals surface area contributed by atoms with Crippen molar-refractivity contribution in [1.29, 1.82) is 0 Å². The minimum Gasteiger partial charge on any atom is -0.316 e. The van der Waals surface area contributed by atoms with Gasteiger partial charge in [0.15, 0.2) is 0 Å². The molecule has 1 unspecified atom stereocenters. The van der Waals surface area contributed by atoms with E-state index in [1.165, 1.54) is 90.8 Å². The van der Waals surface area contributed by atoms with Crippen LogP contribution in [0, 0.1) is 5.92 Å². The molecule has 3 nitrogen and oxygen atoms in total. The molecule has 0 aromatic heterocycles. The van der Waals surface area contributed by atoms with E-state index in [0.717, 1.165) is 12.0 Å². The van der Waals surface area contributed by atoms with Crippen molar-refractivity contribution in [2.75, 3.05) is 45.8 Å². The zero-order chi connectivity index (χ0) is 12.9. The number of hydrogen-bond acceptors (Lipinski definition) is 3. The summed E-state index contributed by atoms with van der Waals surface area (Å²) < 4.78 is 0. The fourth-order valence-corrected chi connectivity index (χ4v) is 3.78. The van der Waals surface area contributed by atoms with Gasteiger partial charge in [0.05, 0.1) is 0 Å². The quantitative estimate of drug-likeness (QED) is 0.759. The second-order valence-electron chi connectivity index (χ2n) is 6.84. The van der Waals surface area contributed by atoms with E-state index in [0.29, 0.717) is 0 Å². The maximum atomic E-state index is 3.57. The van der Waals surface area contributed by atoms with E-state index < -0.39 is 0 Å². The Morgan fingerprint density at radius 3 is 2.58 bits per heavy atom. The summed E-state index contributed by atoms with van der Waals surface area (Å²) in [7, 11) is 0. The Bertz CT molecular complexity index is 253. The highest BCUT2D eigenvalue weighted by Crippen LogP contribution is 2.28. The van der Waals surface area contributed by atoms with Crippen LogP contribution in [0.5, 0.6) is 0 Å². The van der Waals surface area contributed by atoms with Crippen LogP contribution < -0.4 is 5.32 Å². The van der Waals surface area contributed by atoms with Crippen molar-refractivity contribution in [3.63, 3.8) is 0 Å². The van der Waals surface area contributed by atoms with E-state index in [2.05, 4.69) is 15.1 Å². The van der Waals surface area contributed by atoms with Gasteiger partial charge < -0.3 is 15.1 Å². The van der Waals surface area contributed by atoms with Crippen LogP contribution >= 0.6 is 0 Å². The lowest BCUT2D eigenvalue weighted by atomic mass is 9.99. The third-order valence-corrected chi connectivity index (χ3v) is 5.07. The predicted molar refractivity (Wildman–Crippen MR) is 80.5 cm³/mol. The molecule has 3 heteroatoms. The SMILES string of the molecule is C1CNCC(CN(CCCN2CCCC2)C2CC2)C1. The van der Waals surface area contributed by atoms with E-state index in [9.17, 15) is 0 Å². The summed E-state index contributed by atoms with van der Waals surface area (Å²) >= 11 is 0. The number of likely N-dealkylation sites (tertiary alicyclic amines) is 1. The predicted octanol–water partition coefficient (Wildman–Crippen LogP) is 1.94. The molecule has 3 rings (SSSR count). The highest BCUT2D eigenvalue weighted by atomic mass is 15.2. The molecule has 3 aliphatic rings. The molecule has 2 heterocycles. The molecule has 3 fully saturated rings. The van der Waals surface area contributed by atoms with Gasteiger partial charge in [-0.2, -0.15) is 0 Å². The molecule has 1 aliphatic carbocycles. The van der Waals surface area contributed by atoms with E-state index in [4.69, 9.17) is 0 Å². The van der Waals surface area contributed by atoms with Gasteiger partial charge in [-0.05, 0) is 90.1 Å². The number of rotatable bonds is 7. The van der Waals surface area contributed by atoms with Crippen molar-refractivity contribution in [2.45, 2.75) is 51.0 Å². The Kier molecular flexibility index (Phi) is 5.14. The second kappa shape index (κ2) is 7.05. The first-order valence-corrected chi connectivity index (χ1v) is 8.59. The molecule has 0 spiro atoms. The summed E-state index contributed by atoms with van der Waals surface area (Å²) in [5.74, 6) is 0.918. The van der Waals surface area contributed by atoms with Crippen LogP contribution in [-0.2, 0) is 0 Å². The van der Waals surface area contributed by atoms with Crippen molar-refractivity contribution >= 4 is 0 Å². The first kappa shape index (κ1) is 13.8. The summed E-state index contributed by atoms with van der Waals surface area (Å²) in [6.07, 6.45) is 10.0. The summed E-state index contributed by atoms with van der Waals surface area (Å²) in [6.45, 7) is 9.26. The maximum Gasteiger partial charge on any atom is 0.00965 e. The summed E-state index contributed by atoms with van der Waals surface area (Å²) in [6, 6.07) is 0.945. The molecule has 1 N–H and O–H groups in total. The normalized spacial score (nSPS) is 29.2. The summed E-state index contributed by atoms with van der Waals surface area (Å²) in [5, 5.41) is 3.57. The fraction of sp³-hybridized carbons (Fsp3) is 1.00. The smallest absolute Gasteiger partial charge is 0.00965 e. The Labute approximate surface area is 118 Å². The maximum absolute atomic E-state index is 3.57. The van der Waals surface area contributed by atoms with Gasteiger partial charge in [0.1, 0.15) is 0 Å². The lowest BCUT2D eigenvalue weighted by molar-refractivity contribution is 0.188. The average Bonchev–Trinajstić information content (AvgIpc) is 3.16. The lowest BCUT2D eigenvalue weighted by Gasteiger charge is -2.30. The van der Waals surface area contributed by atoms with Crippen molar-refractivity contribution < 1.29 is 0 Å². The summed E-state index contributed by atoms with van der Waals surface area (Å²) in [5.41, 5.74) is 0. The second-order valence-corrected chi connectivity index (χ2v) is 6.84. The van der Waals surface area contributed by atoms with Gasteiger partial charge in [-0.15, -0.1) is 0 Å². The molecular weight excluding hydrogens is 234 g/mol. The zero-order valence-corrected chi connectivity index (χ0v) is 12.4. The number of nitrogens with one attached hydrogen (secondary N) is 1. The van der Waals surface area contributed by atoms with Crippen molar-refractivity contribution in [3.8, 4) is 0 Å². The van der Waals surface area contributed by atoms with Crippen LogP contribution in [0.3, 0.4) is 0 Å². The highest BCUT2D eigenvalue weighted by molar-refractivity contribution is 4.86. The molecule has 0 amide bonds. The van der Waals surface area contributed by atoms with E-state index >= 15 is 0 Å². The Hall–Kier alpha value is -0.120. The minimum absolute atomic E-state index is 0.918. The third-order valence-electron chi connectivity index (χ3n) is 5.07. The molecular formula is C16H31N3. The molecule has 0 radical (unpaired) electrons. The van der Waals surface area contributed by atoms with Gasteiger partial charge in [0.2, 0.25) is 0 Å². The molecule has 2 aliphatic heterocycles. The van der Waals surface area contributed by atoms with Gasteiger partial charge in [-0.25, -0.2) is 0 Å².